The molecule has 17 heavy (non-hydrogen) atoms. The summed E-state index contributed by atoms with van der Waals surface area (Å²) >= 11 is 5.74. The van der Waals surface area contributed by atoms with Crippen LogP contribution in [0.3, 0.4) is 0 Å². The zero-order valence-corrected chi connectivity index (χ0v) is 10.4. The van der Waals surface area contributed by atoms with Crippen LogP contribution >= 0.6 is 11.6 Å². The van der Waals surface area contributed by atoms with Crippen molar-refractivity contribution < 1.29 is 9.53 Å². The fourth-order valence-corrected chi connectivity index (χ4v) is 1.27. The average Bonchev–Trinajstić information content (AvgIpc) is 2.27. The summed E-state index contributed by atoms with van der Waals surface area (Å²) in [5.74, 6) is -0.613. The highest BCUT2D eigenvalue weighted by atomic mass is 35.5. The van der Waals surface area contributed by atoms with Crippen molar-refractivity contribution in [1.82, 2.24) is 0 Å². The Kier molecular flexibility index (Phi) is 4.74. The first-order valence-corrected chi connectivity index (χ1v) is 5.49. The Morgan fingerprint density at radius 1 is 1.41 bits per heavy atom. The molecule has 1 aromatic carbocycles. The van der Waals surface area contributed by atoms with Crippen LogP contribution in [0.5, 0.6) is 0 Å². The average molecular weight is 250 g/mol. The van der Waals surface area contributed by atoms with Gasteiger partial charge in [0.05, 0.1) is 6.10 Å². The van der Waals surface area contributed by atoms with Gasteiger partial charge in [-0.1, -0.05) is 23.7 Å². The van der Waals surface area contributed by atoms with Gasteiger partial charge in [0.2, 0.25) is 0 Å². The summed E-state index contributed by atoms with van der Waals surface area (Å²) in [7, 11) is 0. The molecule has 0 N–H and O–H groups in total. The number of hydrogen-bond donors (Lipinski definition) is 0. The molecule has 0 spiro atoms. The van der Waals surface area contributed by atoms with Crippen LogP contribution in [0.1, 0.15) is 19.4 Å². The van der Waals surface area contributed by atoms with E-state index in [-0.39, 0.29) is 11.7 Å². The minimum absolute atomic E-state index is 0.0268. The number of benzene rings is 1. The summed E-state index contributed by atoms with van der Waals surface area (Å²) in [6.45, 7) is 3.46. The molecule has 1 aromatic rings. The van der Waals surface area contributed by atoms with Crippen molar-refractivity contribution in [3.05, 3.63) is 40.4 Å². The first-order chi connectivity index (χ1) is 8.02. The van der Waals surface area contributed by atoms with Gasteiger partial charge in [0.25, 0.3) is 0 Å². The highest BCUT2D eigenvalue weighted by molar-refractivity contribution is 6.30. The number of carbonyl (C=O) groups is 1. The van der Waals surface area contributed by atoms with Gasteiger partial charge in [-0.3, -0.25) is 0 Å². The van der Waals surface area contributed by atoms with Crippen molar-refractivity contribution in [3.8, 4) is 6.07 Å². The number of carbonyl (C=O) groups excluding carboxylic acids is 1. The molecule has 0 saturated carbocycles. The van der Waals surface area contributed by atoms with Gasteiger partial charge in [0.1, 0.15) is 11.6 Å². The Balaban J connectivity index is 2.91. The molecule has 0 aromatic heterocycles. The van der Waals surface area contributed by atoms with Crippen LogP contribution in [0, 0.1) is 11.3 Å². The molecule has 0 radical (unpaired) electrons. The third-order valence-corrected chi connectivity index (χ3v) is 2.12. The molecule has 0 fully saturated rings. The van der Waals surface area contributed by atoms with Gasteiger partial charge >= 0.3 is 5.97 Å². The van der Waals surface area contributed by atoms with Crippen LogP contribution in [-0.2, 0) is 9.53 Å². The Morgan fingerprint density at radius 3 is 2.47 bits per heavy atom. The van der Waals surface area contributed by atoms with E-state index < -0.39 is 5.97 Å². The summed E-state index contributed by atoms with van der Waals surface area (Å²) in [6.07, 6.45) is 1.23. The van der Waals surface area contributed by atoms with Crippen LogP contribution in [0.4, 0.5) is 0 Å². The van der Waals surface area contributed by atoms with E-state index >= 15 is 0 Å². The highest BCUT2D eigenvalue weighted by Crippen LogP contribution is 2.13. The van der Waals surface area contributed by atoms with Gasteiger partial charge < -0.3 is 4.74 Å². The van der Waals surface area contributed by atoms with Gasteiger partial charge in [-0.2, -0.15) is 5.26 Å². The van der Waals surface area contributed by atoms with Crippen molar-refractivity contribution in [2.45, 2.75) is 20.0 Å². The zero-order chi connectivity index (χ0) is 12.8. The van der Waals surface area contributed by atoms with Crippen LogP contribution < -0.4 is 0 Å². The molecule has 3 nitrogen and oxygen atoms in total. The highest BCUT2D eigenvalue weighted by Gasteiger charge is 2.12. The van der Waals surface area contributed by atoms with E-state index in [1.807, 2.05) is 6.07 Å². The number of ether oxygens (including phenoxy) is 1. The number of hydrogen-bond acceptors (Lipinski definition) is 3. The molecule has 1 rings (SSSR count). The monoisotopic (exact) mass is 249 g/mol. The number of halogens is 1. The van der Waals surface area contributed by atoms with Crippen molar-refractivity contribution >= 4 is 23.6 Å². The third-order valence-electron chi connectivity index (χ3n) is 1.86. The molecule has 0 saturated heterocycles. The summed E-state index contributed by atoms with van der Waals surface area (Å²) in [6, 6.07) is 8.65. The predicted octanol–water partition coefficient (Wildman–Crippen LogP) is 3.20. The van der Waals surface area contributed by atoms with Gasteiger partial charge in [-0.15, -0.1) is 0 Å². The molecular weight excluding hydrogens is 238 g/mol. The second-order valence-electron chi connectivity index (χ2n) is 3.68. The lowest BCUT2D eigenvalue weighted by Gasteiger charge is -2.06. The van der Waals surface area contributed by atoms with E-state index in [2.05, 4.69) is 0 Å². The fourth-order valence-electron chi connectivity index (χ4n) is 1.14. The Labute approximate surface area is 105 Å². The zero-order valence-electron chi connectivity index (χ0n) is 9.61. The lowest BCUT2D eigenvalue weighted by atomic mass is 10.1. The van der Waals surface area contributed by atoms with Gasteiger partial charge in [-0.05, 0) is 37.6 Å². The first kappa shape index (κ1) is 13.3. The Hall–Kier alpha value is -1.79. The van der Waals surface area contributed by atoms with E-state index in [9.17, 15) is 4.79 Å². The van der Waals surface area contributed by atoms with Crippen LogP contribution in [0.25, 0.3) is 6.08 Å². The maximum atomic E-state index is 11.5. The quantitative estimate of drug-likeness (QED) is 0.470. The SMILES string of the molecule is CC(C)OC(=O)/C(C#N)=C/c1ccc(Cl)cc1. The molecule has 0 aliphatic heterocycles. The van der Waals surface area contributed by atoms with Crippen molar-refractivity contribution in [3.63, 3.8) is 0 Å². The topological polar surface area (TPSA) is 50.1 Å². The minimum Gasteiger partial charge on any atom is -0.459 e. The maximum absolute atomic E-state index is 11.5. The van der Waals surface area contributed by atoms with Crippen molar-refractivity contribution in [2.24, 2.45) is 0 Å². The molecule has 0 heterocycles. The van der Waals surface area contributed by atoms with E-state index in [1.165, 1.54) is 6.08 Å². The summed E-state index contributed by atoms with van der Waals surface area (Å²) < 4.78 is 4.94. The summed E-state index contributed by atoms with van der Waals surface area (Å²) in [5.41, 5.74) is 0.702. The molecule has 0 amide bonds. The molecule has 0 aliphatic rings. The largest absolute Gasteiger partial charge is 0.459 e. The van der Waals surface area contributed by atoms with Gasteiger partial charge in [-0.25, -0.2) is 4.79 Å². The second kappa shape index (κ2) is 6.07. The van der Waals surface area contributed by atoms with Crippen LogP contribution in [0.2, 0.25) is 5.02 Å². The Bertz CT molecular complexity index is 469. The smallest absolute Gasteiger partial charge is 0.349 e. The number of nitrogens with zero attached hydrogens (tertiary/aromatic N) is 1. The second-order valence-corrected chi connectivity index (χ2v) is 4.11. The van der Waals surface area contributed by atoms with Gasteiger partial charge in [0, 0.05) is 5.02 Å². The fraction of sp³-hybridized carbons (Fsp3) is 0.231. The molecule has 0 aliphatic carbocycles. The Morgan fingerprint density at radius 2 is 2.00 bits per heavy atom. The maximum Gasteiger partial charge on any atom is 0.349 e. The number of rotatable bonds is 3. The normalized spacial score (nSPS) is 11.1. The van der Waals surface area contributed by atoms with E-state index in [0.717, 1.165) is 5.56 Å². The van der Waals surface area contributed by atoms with Gasteiger partial charge in [0.15, 0.2) is 0 Å². The first-order valence-electron chi connectivity index (χ1n) is 5.11. The minimum atomic E-state index is -0.613. The third kappa shape index (κ3) is 4.29. The molecule has 0 unspecified atom stereocenters. The van der Waals surface area contributed by atoms with E-state index in [1.54, 1.807) is 38.1 Å². The summed E-state index contributed by atoms with van der Waals surface area (Å²) in [4.78, 5) is 11.5. The van der Waals surface area contributed by atoms with E-state index in [0.29, 0.717) is 5.02 Å². The molecule has 0 bridgehead atoms. The molecule has 88 valence electrons. The molecular formula is C13H12ClNO2. The number of esters is 1. The van der Waals surface area contributed by atoms with Crippen molar-refractivity contribution in [1.29, 1.82) is 5.26 Å². The van der Waals surface area contributed by atoms with Crippen LogP contribution in [0.15, 0.2) is 29.8 Å². The number of nitriles is 1. The summed E-state index contributed by atoms with van der Waals surface area (Å²) in [5, 5.41) is 9.48. The lowest BCUT2D eigenvalue weighted by molar-refractivity contribution is -0.142. The van der Waals surface area contributed by atoms with Crippen LogP contribution in [-0.4, -0.2) is 12.1 Å². The molecule has 0 atom stereocenters. The predicted molar refractivity (Wildman–Crippen MR) is 66.3 cm³/mol. The van der Waals surface area contributed by atoms with E-state index in [4.69, 9.17) is 21.6 Å². The molecule has 4 heteroatoms. The standard InChI is InChI=1S/C13H12ClNO2/c1-9(2)17-13(16)11(8-15)7-10-3-5-12(14)6-4-10/h3-7,9H,1-2H3/b11-7+. The van der Waals surface area contributed by atoms with Crippen molar-refractivity contribution in [2.75, 3.05) is 0 Å². The lowest BCUT2D eigenvalue weighted by Crippen LogP contribution is -2.12.